The Bertz CT molecular complexity index is 835. The third-order valence-corrected chi connectivity index (χ3v) is 3.94. The molecule has 3 aromatic rings. The Morgan fingerprint density at radius 1 is 1.13 bits per heavy atom. The molecule has 1 aromatic carbocycles. The van der Waals surface area contributed by atoms with Gasteiger partial charge in [0.15, 0.2) is 16.7 Å². The summed E-state index contributed by atoms with van der Waals surface area (Å²) in [4.78, 5) is 4.34. The fourth-order valence-electron chi connectivity index (χ4n) is 2.55. The number of pyridine rings is 1. The number of aromatic nitrogens is 2. The van der Waals surface area contributed by atoms with E-state index in [0.29, 0.717) is 25.0 Å². The molecule has 1 N–H and O–H groups in total. The van der Waals surface area contributed by atoms with Crippen molar-refractivity contribution < 1.29 is 9.47 Å². The van der Waals surface area contributed by atoms with Crippen LogP contribution >= 0.6 is 24.0 Å². The zero-order valence-electron chi connectivity index (χ0n) is 12.2. The van der Waals surface area contributed by atoms with Crippen molar-refractivity contribution in [3.05, 3.63) is 59.0 Å². The SMILES string of the molecule is Cl.Clc1nc2ccccn2c1CNCc1ccc2c(c1)OCO2. The number of benzene rings is 1. The molecule has 3 heterocycles. The molecule has 1 aliphatic rings. The fourth-order valence-corrected chi connectivity index (χ4v) is 2.80. The van der Waals surface area contributed by atoms with Crippen LogP contribution in [0.4, 0.5) is 0 Å². The van der Waals surface area contributed by atoms with Crippen LogP contribution in [0, 0.1) is 0 Å². The molecule has 0 radical (unpaired) electrons. The molecule has 0 bridgehead atoms. The Balaban J connectivity index is 0.00000156. The number of hydrogen-bond donors (Lipinski definition) is 1. The van der Waals surface area contributed by atoms with Crippen LogP contribution in [0.3, 0.4) is 0 Å². The predicted octanol–water partition coefficient (Wildman–Crippen LogP) is 3.43. The third kappa shape index (κ3) is 3.08. The number of halogens is 2. The number of nitrogens with zero attached hydrogens (tertiary/aromatic N) is 2. The van der Waals surface area contributed by atoms with Crippen LogP contribution in [-0.2, 0) is 13.1 Å². The van der Waals surface area contributed by atoms with Crippen molar-refractivity contribution in [2.24, 2.45) is 0 Å². The first-order chi connectivity index (χ1) is 10.8. The first kappa shape index (κ1) is 15.9. The molecule has 0 saturated heterocycles. The van der Waals surface area contributed by atoms with Crippen molar-refractivity contribution in [3.8, 4) is 11.5 Å². The minimum Gasteiger partial charge on any atom is -0.454 e. The second-order valence-electron chi connectivity index (χ2n) is 5.07. The van der Waals surface area contributed by atoms with Gasteiger partial charge < -0.3 is 19.2 Å². The summed E-state index contributed by atoms with van der Waals surface area (Å²) in [7, 11) is 0. The van der Waals surface area contributed by atoms with Gasteiger partial charge in [-0.3, -0.25) is 0 Å². The highest BCUT2D eigenvalue weighted by molar-refractivity contribution is 6.30. The predicted molar refractivity (Wildman–Crippen MR) is 90.6 cm³/mol. The van der Waals surface area contributed by atoms with E-state index in [1.807, 2.05) is 47.0 Å². The number of ether oxygens (including phenoxy) is 2. The quantitative estimate of drug-likeness (QED) is 0.782. The summed E-state index contributed by atoms with van der Waals surface area (Å²) in [5, 5.41) is 3.92. The minimum absolute atomic E-state index is 0. The van der Waals surface area contributed by atoms with E-state index in [-0.39, 0.29) is 12.4 Å². The van der Waals surface area contributed by atoms with Crippen molar-refractivity contribution >= 4 is 29.7 Å². The zero-order valence-corrected chi connectivity index (χ0v) is 13.7. The zero-order chi connectivity index (χ0) is 14.9. The van der Waals surface area contributed by atoms with E-state index in [1.54, 1.807) is 0 Å². The summed E-state index contributed by atoms with van der Waals surface area (Å²) < 4.78 is 12.7. The van der Waals surface area contributed by atoms with Gasteiger partial charge in [0.2, 0.25) is 6.79 Å². The lowest BCUT2D eigenvalue weighted by atomic mass is 10.2. The van der Waals surface area contributed by atoms with Gasteiger partial charge in [-0.05, 0) is 29.8 Å². The van der Waals surface area contributed by atoms with E-state index < -0.39 is 0 Å². The second-order valence-corrected chi connectivity index (χ2v) is 5.43. The van der Waals surface area contributed by atoms with E-state index in [9.17, 15) is 0 Å². The number of imidazole rings is 1. The van der Waals surface area contributed by atoms with E-state index in [2.05, 4.69) is 10.3 Å². The third-order valence-electron chi connectivity index (χ3n) is 3.64. The highest BCUT2D eigenvalue weighted by Crippen LogP contribution is 2.32. The molecule has 2 aromatic heterocycles. The van der Waals surface area contributed by atoms with Crippen LogP contribution in [0.15, 0.2) is 42.6 Å². The van der Waals surface area contributed by atoms with E-state index in [0.717, 1.165) is 28.4 Å². The number of fused-ring (bicyclic) bond motifs is 2. The van der Waals surface area contributed by atoms with Gasteiger partial charge in [-0.1, -0.05) is 23.7 Å². The smallest absolute Gasteiger partial charge is 0.231 e. The summed E-state index contributed by atoms with van der Waals surface area (Å²) >= 11 is 6.22. The molecular formula is C16H15Cl2N3O2. The highest BCUT2D eigenvalue weighted by Gasteiger charge is 2.13. The van der Waals surface area contributed by atoms with Crippen LogP contribution < -0.4 is 14.8 Å². The molecule has 1 aliphatic heterocycles. The van der Waals surface area contributed by atoms with Crippen molar-refractivity contribution in [2.75, 3.05) is 6.79 Å². The molecule has 7 heteroatoms. The van der Waals surface area contributed by atoms with E-state index in [1.165, 1.54) is 0 Å². The molecular weight excluding hydrogens is 337 g/mol. The Morgan fingerprint density at radius 3 is 2.91 bits per heavy atom. The second kappa shape index (κ2) is 6.66. The Morgan fingerprint density at radius 2 is 2.00 bits per heavy atom. The van der Waals surface area contributed by atoms with Crippen molar-refractivity contribution in [1.82, 2.24) is 14.7 Å². The number of nitrogens with one attached hydrogen (secondary N) is 1. The van der Waals surface area contributed by atoms with E-state index in [4.69, 9.17) is 21.1 Å². The normalized spacial score (nSPS) is 12.4. The molecule has 0 unspecified atom stereocenters. The van der Waals surface area contributed by atoms with Crippen LogP contribution in [0.1, 0.15) is 11.3 Å². The summed E-state index contributed by atoms with van der Waals surface area (Å²) in [6.45, 7) is 1.65. The minimum atomic E-state index is 0. The lowest BCUT2D eigenvalue weighted by Crippen LogP contribution is -2.14. The van der Waals surface area contributed by atoms with Gasteiger partial charge in [0.1, 0.15) is 5.65 Å². The monoisotopic (exact) mass is 351 g/mol. The fraction of sp³-hybridized carbons (Fsp3) is 0.188. The molecule has 5 nitrogen and oxygen atoms in total. The molecule has 0 atom stereocenters. The lowest BCUT2D eigenvalue weighted by Gasteiger charge is -2.06. The van der Waals surface area contributed by atoms with Crippen LogP contribution in [0.25, 0.3) is 5.65 Å². The molecule has 0 aliphatic carbocycles. The van der Waals surface area contributed by atoms with Gasteiger partial charge in [-0.2, -0.15) is 0 Å². The van der Waals surface area contributed by atoms with Gasteiger partial charge >= 0.3 is 0 Å². The molecule has 120 valence electrons. The summed E-state index contributed by atoms with van der Waals surface area (Å²) in [5.74, 6) is 1.60. The molecule has 0 saturated carbocycles. The van der Waals surface area contributed by atoms with Crippen LogP contribution in [0.2, 0.25) is 5.15 Å². The molecule has 4 rings (SSSR count). The molecule has 0 fully saturated rings. The van der Waals surface area contributed by atoms with Crippen molar-refractivity contribution in [2.45, 2.75) is 13.1 Å². The average Bonchev–Trinajstić information content (AvgIpc) is 3.11. The van der Waals surface area contributed by atoms with Crippen molar-refractivity contribution in [3.63, 3.8) is 0 Å². The Hall–Kier alpha value is -1.95. The lowest BCUT2D eigenvalue weighted by molar-refractivity contribution is 0.174. The molecule has 0 spiro atoms. The van der Waals surface area contributed by atoms with Gasteiger partial charge in [-0.25, -0.2) is 4.98 Å². The maximum absolute atomic E-state index is 6.22. The Labute approximate surface area is 144 Å². The number of hydrogen-bond acceptors (Lipinski definition) is 4. The van der Waals surface area contributed by atoms with Crippen LogP contribution in [-0.4, -0.2) is 16.2 Å². The maximum atomic E-state index is 6.22. The van der Waals surface area contributed by atoms with Crippen molar-refractivity contribution in [1.29, 1.82) is 0 Å². The van der Waals surface area contributed by atoms with Gasteiger partial charge in [0, 0.05) is 19.3 Å². The Kier molecular flexibility index (Phi) is 4.61. The van der Waals surface area contributed by atoms with E-state index >= 15 is 0 Å². The number of rotatable bonds is 4. The summed E-state index contributed by atoms with van der Waals surface area (Å²) in [5.41, 5.74) is 2.94. The summed E-state index contributed by atoms with van der Waals surface area (Å²) in [6, 6.07) is 11.8. The first-order valence-electron chi connectivity index (χ1n) is 7.02. The van der Waals surface area contributed by atoms with Gasteiger partial charge in [0.25, 0.3) is 0 Å². The highest BCUT2D eigenvalue weighted by atomic mass is 35.5. The first-order valence-corrected chi connectivity index (χ1v) is 7.40. The van der Waals surface area contributed by atoms with Crippen LogP contribution in [0.5, 0.6) is 11.5 Å². The van der Waals surface area contributed by atoms with Gasteiger partial charge in [0.05, 0.1) is 5.69 Å². The maximum Gasteiger partial charge on any atom is 0.231 e. The molecule has 0 amide bonds. The largest absolute Gasteiger partial charge is 0.454 e. The summed E-state index contributed by atoms with van der Waals surface area (Å²) in [6.07, 6.45) is 1.96. The topological polar surface area (TPSA) is 47.8 Å². The molecule has 23 heavy (non-hydrogen) atoms. The standard InChI is InChI=1S/C16H14ClN3O2.ClH/c17-16-12(20-6-2-1-3-15(20)19-16)9-18-8-11-4-5-13-14(7-11)22-10-21-13;/h1-7,18H,8-10H2;1H. The average molecular weight is 352 g/mol. The van der Waals surface area contributed by atoms with Gasteiger partial charge in [-0.15, -0.1) is 12.4 Å².